The van der Waals surface area contributed by atoms with Gasteiger partial charge in [0.05, 0.1) is 12.7 Å². The average Bonchev–Trinajstić information content (AvgIpc) is 2.97. The van der Waals surface area contributed by atoms with Crippen molar-refractivity contribution in [3.63, 3.8) is 0 Å². The summed E-state index contributed by atoms with van der Waals surface area (Å²) < 4.78 is 5.50. The van der Waals surface area contributed by atoms with Crippen molar-refractivity contribution in [2.24, 2.45) is 0 Å². The molecule has 29 heavy (non-hydrogen) atoms. The van der Waals surface area contributed by atoms with Gasteiger partial charge in [-0.05, 0) is 74.9 Å². The number of ether oxygens (including phenoxy) is 1. The number of methoxy groups -OCH3 is 1. The molecule has 5 rings (SSSR count). The molecule has 2 bridgehead atoms. The largest absolute Gasteiger partial charge is 0.497 e. The fourth-order valence-corrected chi connectivity index (χ4v) is 6.64. The van der Waals surface area contributed by atoms with Crippen LogP contribution in [0, 0.1) is 0 Å². The van der Waals surface area contributed by atoms with Crippen molar-refractivity contribution in [2.45, 2.75) is 68.0 Å². The number of carbonyl (C=O) groups is 2. The number of rotatable bonds is 3. The lowest BCUT2D eigenvalue weighted by atomic mass is 9.46. The summed E-state index contributed by atoms with van der Waals surface area (Å²) in [5, 5.41) is 17.6. The van der Waals surface area contributed by atoms with Crippen molar-refractivity contribution in [1.82, 2.24) is 15.5 Å². The lowest BCUT2D eigenvalue weighted by molar-refractivity contribution is -0.179. The van der Waals surface area contributed by atoms with E-state index in [9.17, 15) is 14.7 Å². The minimum Gasteiger partial charge on any atom is -0.497 e. The van der Waals surface area contributed by atoms with Crippen molar-refractivity contribution in [3.05, 3.63) is 29.3 Å². The number of urea groups is 1. The summed E-state index contributed by atoms with van der Waals surface area (Å²) in [5.74, 6) is 0.496. The van der Waals surface area contributed by atoms with Gasteiger partial charge in [-0.3, -0.25) is 15.0 Å². The summed E-state index contributed by atoms with van der Waals surface area (Å²) in [6.45, 7) is 4.00. The highest BCUT2D eigenvalue weighted by Gasteiger charge is 2.69. The van der Waals surface area contributed by atoms with E-state index in [4.69, 9.17) is 4.74 Å². The number of imide groups is 1. The minimum absolute atomic E-state index is 0.0228. The molecule has 1 spiro atoms. The third-order valence-electron chi connectivity index (χ3n) is 7.95. The Kier molecular flexibility index (Phi) is 4.03. The van der Waals surface area contributed by atoms with E-state index in [0.29, 0.717) is 19.3 Å². The van der Waals surface area contributed by atoms with Gasteiger partial charge >= 0.3 is 6.03 Å². The number of amides is 3. The summed E-state index contributed by atoms with van der Waals surface area (Å²) in [7, 11) is 1.65. The Morgan fingerprint density at radius 1 is 1.28 bits per heavy atom. The van der Waals surface area contributed by atoms with E-state index >= 15 is 0 Å². The monoisotopic (exact) mass is 399 g/mol. The lowest BCUT2D eigenvalue weighted by Gasteiger charge is -2.65. The van der Waals surface area contributed by atoms with Gasteiger partial charge in [0, 0.05) is 11.5 Å². The second-order valence-corrected chi connectivity index (χ2v) is 9.20. The molecule has 156 valence electrons. The van der Waals surface area contributed by atoms with Crippen molar-refractivity contribution >= 4 is 11.9 Å². The van der Waals surface area contributed by atoms with Gasteiger partial charge in [-0.1, -0.05) is 13.0 Å². The molecule has 3 N–H and O–H groups in total. The average molecular weight is 399 g/mol. The summed E-state index contributed by atoms with van der Waals surface area (Å²) in [6, 6.07) is 5.71. The molecule has 0 unspecified atom stereocenters. The zero-order chi connectivity index (χ0) is 20.4. The smallest absolute Gasteiger partial charge is 0.322 e. The van der Waals surface area contributed by atoms with Crippen LogP contribution in [0.15, 0.2) is 18.2 Å². The summed E-state index contributed by atoms with van der Waals surface area (Å²) in [6.07, 6.45) is 3.96. The van der Waals surface area contributed by atoms with Crippen LogP contribution in [0.3, 0.4) is 0 Å². The summed E-state index contributed by atoms with van der Waals surface area (Å²) >= 11 is 0. The summed E-state index contributed by atoms with van der Waals surface area (Å²) in [5.41, 5.74) is -0.170. The zero-order valence-corrected chi connectivity index (χ0v) is 17.1. The Morgan fingerprint density at radius 2 is 2.10 bits per heavy atom. The number of fused-ring (bicyclic) bond motifs is 1. The van der Waals surface area contributed by atoms with Crippen LogP contribution in [-0.4, -0.2) is 59.3 Å². The predicted molar refractivity (Wildman–Crippen MR) is 107 cm³/mol. The molecule has 7 heteroatoms. The number of nitrogens with one attached hydrogen (secondary N) is 2. The number of nitrogens with zero attached hydrogens (tertiary/aromatic N) is 1. The number of hydrogen-bond donors (Lipinski definition) is 3. The third-order valence-corrected chi connectivity index (χ3v) is 7.95. The van der Waals surface area contributed by atoms with Crippen LogP contribution < -0.4 is 15.4 Å². The van der Waals surface area contributed by atoms with Crippen LogP contribution >= 0.6 is 0 Å². The van der Waals surface area contributed by atoms with Gasteiger partial charge in [-0.2, -0.15) is 0 Å². The number of benzene rings is 1. The van der Waals surface area contributed by atoms with Gasteiger partial charge in [0.25, 0.3) is 5.91 Å². The van der Waals surface area contributed by atoms with Crippen molar-refractivity contribution in [1.29, 1.82) is 0 Å². The molecule has 1 aromatic rings. The molecule has 1 saturated carbocycles. The molecule has 0 aromatic heterocycles. The first-order valence-corrected chi connectivity index (χ1v) is 10.6. The SMILES string of the molecule is CCCN1CC[C@]23C[C@]4(CC[C@@]2(O)[C@H]1Cc1ccc(OC)cc13)NC(=O)NC4=O. The molecule has 2 heterocycles. The number of piperidine rings is 1. The van der Waals surface area contributed by atoms with E-state index < -0.39 is 22.6 Å². The van der Waals surface area contributed by atoms with Crippen molar-refractivity contribution < 1.29 is 19.4 Å². The molecule has 7 nitrogen and oxygen atoms in total. The van der Waals surface area contributed by atoms with Gasteiger partial charge in [0.1, 0.15) is 11.3 Å². The Labute approximate surface area is 170 Å². The zero-order valence-electron chi connectivity index (χ0n) is 17.1. The predicted octanol–water partition coefficient (Wildman–Crippen LogP) is 1.47. The standard InChI is InChI=1S/C22H29N3O4/c1-3-9-25-10-8-20-13-21(18(26)23-19(27)24-21)6-7-22(20,28)17(25)11-14-4-5-15(29-2)12-16(14)20/h4-5,12,17,28H,3,6-11,13H2,1-2H3,(H2,23,24,26,27)/t17-,20-,21+,22-/m1/s1. The topological polar surface area (TPSA) is 90.9 Å². The number of carbonyl (C=O) groups excluding carboxylic acids is 2. The summed E-state index contributed by atoms with van der Waals surface area (Å²) in [4.78, 5) is 27.2. The maximum Gasteiger partial charge on any atom is 0.322 e. The Bertz CT molecular complexity index is 889. The van der Waals surface area contributed by atoms with E-state index in [2.05, 4.69) is 28.5 Å². The highest BCUT2D eigenvalue weighted by molar-refractivity contribution is 6.07. The fourth-order valence-electron chi connectivity index (χ4n) is 6.64. The maximum atomic E-state index is 12.8. The normalized spacial score (nSPS) is 38.2. The first-order valence-electron chi connectivity index (χ1n) is 10.6. The van der Waals surface area contributed by atoms with Crippen LogP contribution in [0.4, 0.5) is 4.79 Å². The highest BCUT2D eigenvalue weighted by Crippen LogP contribution is 2.60. The third kappa shape index (κ3) is 2.37. The van der Waals surface area contributed by atoms with E-state index in [1.807, 2.05) is 12.1 Å². The van der Waals surface area contributed by atoms with E-state index in [1.165, 1.54) is 5.56 Å². The van der Waals surface area contributed by atoms with E-state index in [0.717, 1.165) is 43.7 Å². The van der Waals surface area contributed by atoms with Gasteiger partial charge < -0.3 is 15.2 Å². The van der Waals surface area contributed by atoms with E-state index in [-0.39, 0.29) is 11.9 Å². The van der Waals surface area contributed by atoms with Gasteiger partial charge in [-0.15, -0.1) is 0 Å². The molecule has 2 saturated heterocycles. The molecule has 0 radical (unpaired) electrons. The highest BCUT2D eigenvalue weighted by atomic mass is 16.5. The van der Waals surface area contributed by atoms with Crippen molar-refractivity contribution in [2.75, 3.05) is 20.2 Å². The Morgan fingerprint density at radius 3 is 2.79 bits per heavy atom. The molecule has 2 aliphatic carbocycles. The van der Waals surface area contributed by atoms with Crippen LogP contribution in [0.25, 0.3) is 0 Å². The van der Waals surface area contributed by atoms with Crippen LogP contribution in [0.1, 0.15) is 50.2 Å². The first-order chi connectivity index (χ1) is 13.9. The van der Waals surface area contributed by atoms with Crippen LogP contribution in [0.2, 0.25) is 0 Å². The minimum atomic E-state index is -0.946. The molecule has 4 atom stereocenters. The molecule has 3 amide bonds. The second-order valence-electron chi connectivity index (χ2n) is 9.20. The lowest BCUT2D eigenvalue weighted by Crippen LogP contribution is -2.76. The van der Waals surface area contributed by atoms with Crippen molar-refractivity contribution in [3.8, 4) is 5.75 Å². The molecule has 3 fully saturated rings. The molecular weight excluding hydrogens is 370 g/mol. The molecular formula is C22H29N3O4. The maximum absolute atomic E-state index is 12.8. The van der Waals surface area contributed by atoms with E-state index in [1.54, 1.807) is 7.11 Å². The van der Waals surface area contributed by atoms with Crippen LogP contribution in [-0.2, 0) is 16.6 Å². The molecule has 1 aromatic carbocycles. The van der Waals surface area contributed by atoms with Gasteiger partial charge in [0.2, 0.25) is 0 Å². The molecule has 2 aliphatic heterocycles. The number of likely N-dealkylation sites (tertiary alicyclic amines) is 1. The fraction of sp³-hybridized carbons (Fsp3) is 0.636. The second kappa shape index (κ2) is 6.19. The number of aliphatic hydroxyl groups is 1. The Hall–Kier alpha value is -2.12. The number of hydrogen-bond acceptors (Lipinski definition) is 5. The Balaban J connectivity index is 1.68. The quantitative estimate of drug-likeness (QED) is 0.670. The van der Waals surface area contributed by atoms with Gasteiger partial charge in [-0.25, -0.2) is 4.79 Å². The molecule has 4 aliphatic rings. The van der Waals surface area contributed by atoms with Gasteiger partial charge in [0.15, 0.2) is 0 Å². The van der Waals surface area contributed by atoms with Crippen LogP contribution in [0.5, 0.6) is 5.75 Å². The first kappa shape index (κ1) is 18.9.